The van der Waals surface area contributed by atoms with Crippen LogP contribution < -0.4 is 0 Å². The number of carbonyl (C=O) groups excluding carboxylic acids is 1. The molecule has 1 saturated heterocycles. The zero-order valence-corrected chi connectivity index (χ0v) is 17.2. The molecule has 0 spiro atoms. The van der Waals surface area contributed by atoms with Crippen molar-refractivity contribution in [3.63, 3.8) is 0 Å². The van der Waals surface area contributed by atoms with Gasteiger partial charge in [0.15, 0.2) is 0 Å². The summed E-state index contributed by atoms with van der Waals surface area (Å²) in [6, 6.07) is 11.8. The second-order valence-corrected chi connectivity index (χ2v) is 8.07. The number of nitrogens with zero attached hydrogens (tertiary/aromatic N) is 4. The lowest BCUT2D eigenvalue weighted by Gasteiger charge is -2.34. The highest BCUT2D eigenvalue weighted by molar-refractivity contribution is 9.10. The van der Waals surface area contributed by atoms with Crippen LogP contribution >= 0.6 is 15.9 Å². The average molecular weight is 427 g/mol. The van der Waals surface area contributed by atoms with Crippen LogP contribution in [0, 0.1) is 13.8 Å². The van der Waals surface area contributed by atoms with Gasteiger partial charge in [-0.15, -0.1) is 0 Å². The second-order valence-electron chi connectivity index (χ2n) is 7.15. The Morgan fingerprint density at radius 2 is 1.78 bits per heavy atom. The van der Waals surface area contributed by atoms with Gasteiger partial charge < -0.3 is 9.30 Å². The molecule has 140 valence electrons. The third-order valence-electron chi connectivity index (χ3n) is 5.20. The fraction of sp³-hybridized carbons (Fsp3) is 0.333. The molecular formula is C21H23BrN4O. The van der Waals surface area contributed by atoms with Crippen molar-refractivity contribution in [3.05, 3.63) is 69.6 Å². The SMILES string of the molecule is Cc1ccn2c(CN3CCN(C(=O)c4ccc(Br)cc4)CC3)c(C)nc2c1. The Labute approximate surface area is 167 Å². The first-order valence-electron chi connectivity index (χ1n) is 9.22. The van der Waals surface area contributed by atoms with E-state index >= 15 is 0 Å². The van der Waals surface area contributed by atoms with Crippen LogP contribution in [0.3, 0.4) is 0 Å². The number of fused-ring (bicyclic) bond motifs is 1. The lowest BCUT2D eigenvalue weighted by atomic mass is 10.2. The minimum atomic E-state index is 0.114. The molecule has 27 heavy (non-hydrogen) atoms. The van der Waals surface area contributed by atoms with Crippen molar-refractivity contribution in [3.8, 4) is 0 Å². The summed E-state index contributed by atoms with van der Waals surface area (Å²) in [6.45, 7) is 8.28. The van der Waals surface area contributed by atoms with Gasteiger partial charge in [-0.2, -0.15) is 0 Å². The molecule has 2 aromatic heterocycles. The number of pyridine rings is 1. The molecule has 0 radical (unpaired) electrons. The zero-order valence-electron chi connectivity index (χ0n) is 15.7. The van der Waals surface area contributed by atoms with Crippen LogP contribution in [0.1, 0.15) is 27.3 Å². The molecule has 0 N–H and O–H groups in total. The van der Waals surface area contributed by atoms with Crippen LogP contribution in [0.4, 0.5) is 0 Å². The fourth-order valence-corrected chi connectivity index (χ4v) is 3.87. The largest absolute Gasteiger partial charge is 0.336 e. The molecule has 0 saturated carbocycles. The van der Waals surface area contributed by atoms with Gasteiger partial charge >= 0.3 is 0 Å². The number of amides is 1. The van der Waals surface area contributed by atoms with Gasteiger partial charge in [0.1, 0.15) is 5.65 Å². The first-order chi connectivity index (χ1) is 13.0. The van der Waals surface area contributed by atoms with Gasteiger partial charge in [0.25, 0.3) is 5.91 Å². The van der Waals surface area contributed by atoms with Crippen molar-refractivity contribution in [1.29, 1.82) is 0 Å². The standard InChI is InChI=1S/C21H23BrN4O/c1-15-7-8-26-19(16(2)23-20(26)13-15)14-24-9-11-25(12-10-24)21(27)17-3-5-18(22)6-4-17/h3-8,13H,9-12,14H2,1-2H3. The van der Waals surface area contributed by atoms with E-state index in [1.54, 1.807) is 0 Å². The Balaban J connectivity index is 1.42. The molecule has 0 bridgehead atoms. The minimum absolute atomic E-state index is 0.114. The lowest BCUT2D eigenvalue weighted by Crippen LogP contribution is -2.48. The number of aromatic nitrogens is 2. The van der Waals surface area contributed by atoms with Gasteiger partial charge in [-0.1, -0.05) is 15.9 Å². The highest BCUT2D eigenvalue weighted by Crippen LogP contribution is 2.18. The number of hydrogen-bond acceptors (Lipinski definition) is 3. The predicted octanol–water partition coefficient (Wildman–Crippen LogP) is 3.67. The van der Waals surface area contributed by atoms with Crippen LogP contribution in [-0.2, 0) is 6.54 Å². The molecule has 0 aliphatic carbocycles. The van der Waals surface area contributed by atoms with Crippen molar-refractivity contribution in [2.24, 2.45) is 0 Å². The minimum Gasteiger partial charge on any atom is -0.336 e. The number of carbonyl (C=O) groups is 1. The second kappa shape index (κ2) is 7.44. The zero-order chi connectivity index (χ0) is 19.0. The molecule has 0 unspecified atom stereocenters. The fourth-order valence-electron chi connectivity index (χ4n) is 3.60. The summed E-state index contributed by atoms with van der Waals surface area (Å²) in [6.07, 6.45) is 2.10. The smallest absolute Gasteiger partial charge is 0.253 e. The number of hydrogen-bond donors (Lipinski definition) is 0. The third-order valence-corrected chi connectivity index (χ3v) is 5.73. The first kappa shape index (κ1) is 18.2. The Kier molecular flexibility index (Phi) is 5.02. The van der Waals surface area contributed by atoms with Crippen molar-refractivity contribution in [1.82, 2.24) is 19.2 Å². The summed E-state index contributed by atoms with van der Waals surface area (Å²) in [7, 11) is 0. The van der Waals surface area contributed by atoms with E-state index in [1.165, 1.54) is 11.3 Å². The van der Waals surface area contributed by atoms with Gasteiger partial charge in [-0.05, 0) is 55.8 Å². The summed E-state index contributed by atoms with van der Waals surface area (Å²) in [4.78, 5) is 21.7. The summed E-state index contributed by atoms with van der Waals surface area (Å²) in [5, 5.41) is 0. The molecule has 3 heterocycles. The van der Waals surface area contributed by atoms with Crippen molar-refractivity contribution in [2.75, 3.05) is 26.2 Å². The maximum absolute atomic E-state index is 12.7. The summed E-state index contributed by atoms with van der Waals surface area (Å²) >= 11 is 3.41. The van der Waals surface area contributed by atoms with Crippen LogP contribution in [0.2, 0.25) is 0 Å². The van der Waals surface area contributed by atoms with E-state index in [0.717, 1.165) is 54.1 Å². The van der Waals surface area contributed by atoms with Crippen LogP contribution in [0.25, 0.3) is 5.65 Å². The van der Waals surface area contributed by atoms with Gasteiger partial charge in [0, 0.05) is 49.0 Å². The third kappa shape index (κ3) is 3.77. The lowest BCUT2D eigenvalue weighted by molar-refractivity contribution is 0.0626. The quantitative estimate of drug-likeness (QED) is 0.641. The van der Waals surface area contributed by atoms with E-state index in [2.05, 4.69) is 57.4 Å². The predicted molar refractivity (Wildman–Crippen MR) is 110 cm³/mol. The molecular weight excluding hydrogens is 404 g/mol. The Morgan fingerprint density at radius 1 is 1.07 bits per heavy atom. The first-order valence-corrected chi connectivity index (χ1v) is 10.0. The highest BCUT2D eigenvalue weighted by Gasteiger charge is 2.23. The molecule has 1 aliphatic rings. The maximum Gasteiger partial charge on any atom is 0.253 e. The molecule has 4 rings (SSSR count). The Hall–Kier alpha value is -2.18. The van der Waals surface area contributed by atoms with Gasteiger partial charge in [0.05, 0.1) is 11.4 Å². The highest BCUT2D eigenvalue weighted by atomic mass is 79.9. The average Bonchev–Trinajstić information content (AvgIpc) is 2.97. The maximum atomic E-state index is 12.7. The van der Waals surface area contributed by atoms with Gasteiger partial charge in [0.2, 0.25) is 0 Å². The van der Waals surface area contributed by atoms with Crippen LogP contribution in [-0.4, -0.2) is 51.3 Å². The van der Waals surface area contributed by atoms with Gasteiger partial charge in [-0.3, -0.25) is 9.69 Å². The van der Waals surface area contributed by atoms with Crippen molar-refractivity contribution in [2.45, 2.75) is 20.4 Å². The molecule has 1 amide bonds. The number of piperazine rings is 1. The number of aryl methyl sites for hydroxylation is 2. The summed E-state index contributed by atoms with van der Waals surface area (Å²) in [5.41, 5.74) is 5.29. The van der Waals surface area contributed by atoms with E-state index in [-0.39, 0.29) is 5.91 Å². The normalized spacial score (nSPS) is 15.4. The molecule has 3 aromatic rings. The molecule has 0 atom stereocenters. The monoisotopic (exact) mass is 426 g/mol. The molecule has 1 aromatic carbocycles. The summed E-state index contributed by atoms with van der Waals surface area (Å²) < 4.78 is 3.17. The van der Waals surface area contributed by atoms with E-state index in [1.807, 2.05) is 29.2 Å². The Bertz CT molecular complexity index is 972. The summed E-state index contributed by atoms with van der Waals surface area (Å²) in [5.74, 6) is 0.114. The van der Waals surface area contributed by atoms with Crippen LogP contribution in [0.5, 0.6) is 0 Å². The Morgan fingerprint density at radius 3 is 2.48 bits per heavy atom. The van der Waals surface area contributed by atoms with Crippen LogP contribution in [0.15, 0.2) is 47.1 Å². The molecule has 5 nitrogen and oxygen atoms in total. The van der Waals surface area contributed by atoms with E-state index in [9.17, 15) is 4.79 Å². The molecule has 1 fully saturated rings. The number of halogens is 1. The number of imidazole rings is 1. The van der Waals surface area contributed by atoms with Gasteiger partial charge in [-0.25, -0.2) is 4.98 Å². The number of rotatable bonds is 3. The van der Waals surface area contributed by atoms with Crippen molar-refractivity contribution < 1.29 is 4.79 Å². The molecule has 6 heteroatoms. The number of benzene rings is 1. The topological polar surface area (TPSA) is 40.9 Å². The molecule has 1 aliphatic heterocycles. The van der Waals surface area contributed by atoms with E-state index < -0.39 is 0 Å². The van der Waals surface area contributed by atoms with E-state index in [4.69, 9.17) is 4.98 Å². The van der Waals surface area contributed by atoms with Crippen molar-refractivity contribution >= 4 is 27.5 Å². The van der Waals surface area contributed by atoms with E-state index in [0.29, 0.717) is 0 Å².